The second-order valence-corrected chi connectivity index (χ2v) is 5.44. The van der Waals surface area contributed by atoms with Crippen LogP contribution < -0.4 is 11.1 Å². The summed E-state index contributed by atoms with van der Waals surface area (Å²) in [5.41, 5.74) is 5.40. The highest BCUT2D eigenvalue weighted by Gasteiger charge is 2.36. The lowest BCUT2D eigenvalue weighted by Crippen LogP contribution is -2.59. The van der Waals surface area contributed by atoms with Gasteiger partial charge in [0.05, 0.1) is 5.54 Å². The molecule has 3 heteroatoms. The fraction of sp³-hybridized carbons (Fsp3) is 0.923. The van der Waals surface area contributed by atoms with E-state index in [9.17, 15) is 4.79 Å². The summed E-state index contributed by atoms with van der Waals surface area (Å²) in [4.78, 5) is 12.2. The van der Waals surface area contributed by atoms with E-state index < -0.39 is 5.54 Å². The number of rotatable bonds is 4. The number of hydrogen-bond acceptors (Lipinski definition) is 2. The molecule has 0 spiro atoms. The molecule has 0 aromatic heterocycles. The van der Waals surface area contributed by atoms with E-state index in [4.69, 9.17) is 5.73 Å². The van der Waals surface area contributed by atoms with Crippen LogP contribution in [0.15, 0.2) is 0 Å². The molecule has 94 valence electrons. The first kappa shape index (κ1) is 13.5. The maximum Gasteiger partial charge on any atom is 0.240 e. The minimum atomic E-state index is -0.680. The van der Waals surface area contributed by atoms with Gasteiger partial charge in [0.15, 0.2) is 0 Å². The Kier molecular flexibility index (Phi) is 4.36. The maximum absolute atomic E-state index is 12.2. The molecule has 0 aromatic rings. The standard InChI is InChI=1S/C13H26N2O/c1-4-13(14,5-2)11(16)15-12(3)9-7-6-8-10-12/h4-10,14H2,1-3H3,(H,15,16). The number of amides is 1. The molecule has 1 amide bonds. The zero-order valence-corrected chi connectivity index (χ0v) is 10.9. The molecular formula is C13H26N2O. The lowest BCUT2D eigenvalue weighted by molar-refractivity contribution is -0.128. The highest BCUT2D eigenvalue weighted by molar-refractivity contribution is 5.86. The van der Waals surface area contributed by atoms with Crippen LogP contribution in [0.1, 0.15) is 65.7 Å². The Bertz CT molecular complexity index is 240. The van der Waals surface area contributed by atoms with Gasteiger partial charge in [-0.1, -0.05) is 33.1 Å². The van der Waals surface area contributed by atoms with E-state index in [2.05, 4.69) is 12.2 Å². The van der Waals surface area contributed by atoms with Crippen LogP contribution in [-0.2, 0) is 4.79 Å². The van der Waals surface area contributed by atoms with Gasteiger partial charge in [0.25, 0.3) is 0 Å². The van der Waals surface area contributed by atoms with Crippen LogP contribution in [-0.4, -0.2) is 17.0 Å². The van der Waals surface area contributed by atoms with E-state index >= 15 is 0 Å². The van der Waals surface area contributed by atoms with Crippen LogP contribution in [0.4, 0.5) is 0 Å². The number of carbonyl (C=O) groups excluding carboxylic acids is 1. The molecule has 3 N–H and O–H groups in total. The molecule has 0 bridgehead atoms. The second-order valence-electron chi connectivity index (χ2n) is 5.44. The summed E-state index contributed by atoms with van der Waals surface area (Å²) in [5, 5.41) is 3.17. The van der Waals surface area contributed by atoms with Gasteiger partial charge in [-0.25, -0.2) is 0 Å². The number of nitrogens with two attached hydrogens (primary N) is 1. The highest BCUT2D eigenvalue weighted by Crippen LogP contribution is 2.28. The molecule has 1 rings (SSSR count). The van der Waals surface area contributed by atoms with Crippen molar-refractivity contribution in [2.75, 3.05) is 0 Å². The molecule has 0 atom stereocenters. The summed E-state index contributed by atoms with van der Waals surface area (Å²) in [6.07, 6.45) is 7.29. The van der Waals surface area contributed by atoms with Gasteiger partial charge in [-0.3, -0.25) is 4.79 Å². The van der Waals surface area contributed by atoms with Crippen molar-refractivity contribution in [1.29, 1.82) is 0 Å². The lowest BCUT2D eigenvalue weighted by atomic mass is 9.82. The Labute approximate surface area is 99.2 Å². The van der Waals surface area contributed by atoms with Gasteiger partial charge in [-0.15, -0.1) is 0 Å². The van der Waals surface area contributed by atoms with E-state index in [0.29, 0.717) is 12.8 Å². The zero-order chi connectivity index (χ0) is 12.2. The van der Waals surface area contributed by atoms with Crippen molar-refractivity contribution in [3.05, 3.63) is 0 Å². The molecule has 3 nitrogen and oxygen atoms in total. The molecule has 1 aliphatic rings. The summed E-state index contributed by atoms with van der Waals surface area (Å²) in [5.74, 6) is 0.0295. The number of carbonyl (C=O) groups is 1. The molecule has 0 radical (unpaired) electrons. The topological polar surface area (TPSA) is 55.1 Å². The van der Waals surface area contributed by atoms with Crippen LogP contribution in [0.5, 0.6) is 0 Å². The predicted molar refractivity (Wildman–Crippen MR) is 67.1 cm³/mol. The highest BCUT2D eigenvalue weighted by atomic mass is 16.2. The largest absolute Gasteiger partial charge is 0.349 e. The van der Waals surface area contributed by atoms with Gasteiger partial charge in [0, 0.05) is 5.54 Å². The first-order valence-corrected chi connectivity index (χ1v) is 6.57. The second kappa shape index (κ2) is 5.17. The van der Waals surface area contributed by atoms with Gasteiger partial charge in [0.1, 0.15) is 0 Å². The van der Waals surface area contributed by atoms with E-state index in [0.717, 1.165) is 12.8 Å². The van der Waals surface area contributed by atoms with E-state index in [-0.39, 0.29) is 11.4 Å². The third-order valence-electron chi connectivity index (χ3n) is 4.09. The van der Waals surface area contributed by atoms with Crippen molar-refractivity contribution < 1.29 is 4.79 Å². The molecular weight excluding hydrogens is 200 g/mol. The fourth-order valence-electron chi connectivity index (χ4n) is 2.43. The van der Waals surface area contributed by atoms with Crippen LogP contribution in [0.25, 0.3) is 0 Å². The Morgan fingerprint density at radius 2 is 1.75 bits per heavy atom. The summed E-state index contributed by atoms with van der Waals surface area (Å²) in [7, 11) is 0. The third-order valence-corrected chi connectivity index (χ3v) is 4.09. The summed E-state index contributed by atoms with van der Waals surface area (Å²) in [6, 6.07) is 0. The third kappa shape index (κ3) is 2.97. The van der Waals surface area contributed by atoms with Crippen molar-refractivity contribution in [1.82, 2.24) is 5.32 Å². The van der Waals surface area contributed by atoms with E-state index in [1.165, 1.54) is 19.3 Å². The molecule has 0 aliphatic heterocycles. The number of hydrogen-bond donors (Lipinski definition) is 2. The zero-order valence-electron chi connectivity index (χ0n) is 10.9. The minimum absolute atomic E-state index is 0.0235. The lowest BCUT2D eigenvalue weighted by Gasteiger charge is -2.38. The summed E-state index contributed by atoms with van der Waals surface area (Å²) in [6.45, 7) is 6.11. The smallest absolute Gasteiger partial charge is 0.240 e. The van der Waals surface area contributed by atoms with Crippen LogP contribution >= 0.6 is 0 Å². The Hall–Kier alpha value is -0.570. The average molecular weight is 226 g/mol. The van der Waals surface area contributed by atoms with Gasteiger partial charge in [0.2, 0.25) is 5.91 Å². The Balaban J connectivity index is 2.62. The molecule has 0 saturated heterocycles. The van der Waals surface area contributed by atoms with Crippen molar-refractivity contribution in [2.24, 2.45) is 5.73 Å². The van der Waals surface area contributed by atoms with E-state index in [1.54, 1.807) is 0 Å². The van der Waals surface area contributed by atoms with Crippen molar-refractivity contribution in [3.8, 4) is 0 Å². The predicted octanol–water partition coefficient (Wildman–Crippen LogP) is 2.34. The van der Waals surface area contributed by atoms with Crippen LogP contribution in [0.2, 0.25) is 0 Å². The van der Waals surface area contributed by atoms with Crippen LogP contribution in [0, 0.1) is 0 Å². The Morgan fingerprint density at radius 1 is 1.25 bits per heavy atom. The van der Waals surface area contributed by atoms with Crippen molar-refractivity contribution >= 4 is 5.91 Å². The van der Waals surface area contributed by atoms with E-state index in [1.807, 2.05) is 13.8 Å². The maximum atomic E-state index is 12.2. The van der Waals surface area contributed by atoms with Crippen molar-refractivity contribution in [3.63, 3.8) is 0 Å². The SMILES string of the molecule is CCC(N)(CC)C(=O)NC1(C)CCCCC1. The Morgan fingerprint density at radius 3 is 2.19 bits per heavy atom. The van der Waals surface area contributed by atoms with Gasteiger partial charge < -0.3 is 11.1 Å². The van der Waals surface area contributed by atoms with Gasteiger partial charge in [-0.05, 0) is 32.6 Å². The number of nitrogens with one attached hydrogen (secondary N) is 1. The summed E-state index contributed by atoms with van der Waals surface area (Å²) >= 11 is 0. The fourth-order valence-corrected chi connectivity index (χ4v) is 2.43. The van der Waals surface area contributed by atoms with Crippen LogP contribution in [0.3, 0.4) is 0 Å². The molecule has 1 aliphatic carbocycles. The van der Waals surface area contributed by atoms with Gasteiger partial charge in [-0.2, -0.15) is 0 Å². The molecule has 0 aromatic carbocycles. The molecule has 1 saturated carbocycles. The molecule has 1 fully saturated rings. The first-order valence-electron chi connectivity index (χ1n) is 6.57. The quantitative estimate of drug-likeness (QED) is 0.773. The monoisotopic (exact) mass is 226 g/mol. The molecule has 0 heterocycles. The molecule has 0 unspecified atom stereocenters. The molecule has 16 heavy (non-hydrogen) atoms. The van der Waals surface area contributed by atoms with Crippen molar-refractivity contribution in [2.45, 2.75) is 76.8 Å². The minimum Gasteiger partial charge on any atom is -0.349 e. The van der Waals surface area contributed by atoms with Gasteiger partial charge >= 0.3 is 0 Å². The summed E-state index contributed by atoms with van der Waals surface area (Å²) < 4.78 is 0. The first-order chi connectivity index (χ1) is 7.46. The normalized spacial score (nSPS) is 20.5. The average Bonchev–Trinajstić information content (AvgIpc) is 2.28.